The molecule has 4 nitrogen and oxygen atoms in total. The lowest BCUT2D eigenvalue weighted by Gasteiger charge is -2.17. The van der Waals surface area contributed by atoms with Gasteiger partial charge in [-0.3, -0.25) is 4.79 Å². The summed E-state index contributed by atoms with van der Waals surface area (Å²) < 4.78 is 0.678. The van der Waals surface area contributed by atoms with E-state index in [9.17, 15) is 4.79 Å². The minimum Gasteiger partial charge on any atom is -0.377 e. The third kappa shape index (κ3) is 3.17. The summed E-state index contributed by atoms with van der Waals surface area (Å²) in [5.41, 5.74) is 3.36. The van der Waals surface area contributed by atoms with Crippen molar-refractivity contribution >= 4 is 33.2 Å². The molecule has 1 aromatic carbocycles. The number of anilines is 2. The SMILES string of the molecule is Cc1ccc(NC(=O)c2ncccc2Br)cc1N(C)C. The first-order chi connectivity index (χ1) is 9.49. The van der Waals surface area contributed by atoms with Crippen LogP contribution in [0.25, 0.3) is 0 Å². The van der Waals surface area contributed by atoms with E-state index in [1.807, 2.05) is 44.1 Å². The van der Waals surface area contributed by atoms with E-state index in [2.05, 4.69) is 26.2 Å². The summed E-state index contributed by atoms with van der Waals surface area (Å²) in [6, 6.07) is 9.39. The number of aryl methyl sites for hydroxylation is 1. The minimum absolute atomic E-state index is 0.231. The number of nitrogens with zero attached hydrogens (tertiary/aromatic N) is 2. The van der Waals surface area contributed by atoms with Crippen molar-refractivity contribution in [2.75, 3.05) is 24.3 Å². The summed E-state index contributed by atoms with van der Waals surface area (Å²) in [5.74, 6) is -0.231. The average Bonchev–Trinajstić information content (AvgIpc) is 2.41. The molecule has 0 fully saturated rings. The van der Waals surface area contributed by atoms with E-state index in [0.717, 1.165) is 16.9 Å². The van der Waals surface area contributed by atoms with Crippen LogP contribution in [0.1, 0.15) is 16.1 Å². The first-order valence-electron chi connectivity index (χ1n) is 6.19. The molecule has 1 N–H and O–H groups in total. The summed E-state index contributed by atoms with van der Waals surface area (Å²) in [7, 11) is 3.95. The van der Waals surface area contributed by atoms with E-state index in [0.29, 0.717) is 10.2 Å². The number of nitrogens with one attached hydrogen (secondary N) is 1. The van der Waals surface area contributed by atoms with Crippen LogP contribution in [-0.2, 0) is 0 Å². The zero-order chi connectivity index (χ0) is 14.7. The van der Waals surface area contributed by atoms with Gasteiger partial charge in [-0.05, 0) is 52.7 Å². The van der Waals surface area contributed by atoms with Crippen molar-refractivity contribution in [1.29, 1.82) is 0 Å². The summed E-state index contributed by atoms with van der Waals surface area (Å²) >= 11 is 3.33. The van der Waals surface area contributed by atoms with Crippen molar-refractivity contribution in [2.45, 2.75) is 6.92 Å². The molecule has 0 atom stereocenters. The molecule has 1 heterocycles. The number of amides is 1. The highest BCUT2D eigenvalue weighted by Crippen LogP contribution is 2.23. The van der Waals surface area contributed by atoms with Gasteiger partial charge in [0, 0.05) is 36.1 Å². The highest BCUT2D eigenvalue weighted by atomic mass is 79.9. The summed E-state index contributed by atoms with van der Waals surface area (Å²) in [6.45, 7) is 2.04. The predicted molar refractivity (Wildman–Crippen MR) is 85.4 cm³/mol. The molecule has 0 aliphatic rings. The maximum Gasteiger partial charge on any atom is 0.275 e. The lowest BCUT2D eigenvalue weighted by atomic mass is 10.1. The maximum atomic E-state index is 12.2. The van der Waals surface area contributed by atoms with Crippen LogP contribution in [0, 0.1) is 6.92 Å². The van der Waals surface area contributed by atoms with Crippen LogP contribution in [-0.4, -0.2) is 25.0 Å². The molecule has 0 aliphatic heterocycles. The molecule has 0 spiro atoms. The molecule has 1 aromatic heterocycles. The van der Waals surface area contributed by atoms with Gasteiger partial charge in [-0.2, -0.15) is 0 Å². The van der Waals surface area contributed by atoms with E-state index < -0.39 is 0 Å². The molecule has 0 saturated heterocycles. The predicted octanol–water partition coefficient (Wildman–Crippen LogP) is 3.47. The molecule has 0 unspecified atom stereocenters. The molecular weight excluding hydrogens is 318 g/mol. The highest BCUT2D eigenvalue weighted by molar-refractivity contribution is 9.10. The van der Waals surface area contributed by atoms with Gasteiger partial charge in [0.1, 0.15) is 5.69 Å². The van der Waals surface area contributed by atoms with Crippen molar-refractivity contribution in [1.82, 2.24) is 4.98 Å². The summed E-state index contributed by atoms with van der Waals surface area (Å²) in [6.07, 6.45) is 1.60. The van der Waals surface area contributed by atoms with E-state index >= 15 is 0 Å². The smallest absolute Gasteiger partial charge is 0.275 e. The fourth-order valence-corrected chi connectivity index (χ4v) is 2.35. The molecule has 2 aromatic rings. The van der Waals surface area contributed by atoms with Crippen LogP contribution in [0.4, 0.5) is 11.4 Å². The van der Waals surface area contributed by atoms with Crippen molar-refractivity contribution in [3.63, 3.8) is 0 Å². The second-order valence-corrected chi connectivity index (χ2v) is 5.54. The van der Waals surface area contributed by atoms with E-state index in [-0.39, 0.29) is 5.91 Å². The second kappa shape index (κ2) is 6.05. The third-order valence-electron chi connectivity index (χ3n) is 2.92. The van der Waals surface area contributed by atoms with Crippen molar-refractivity contribution in [2.24, 2.45) is 0 Å². The summed E-state index contributed by atoms with van der Waals surface area (Å²) in [5, 5.41) is 2.86. The van der Waals surface area contributed by atoms with Gasteiger partial charge >= 0.3 is 0 Å². The van der Waals surface area contributed by atoms with Gasteiger partial charge in [-0.1, -0.05) is 6.07 Å². The normalized spacial score (nSPS) is 10.2. The Morgan fingerprint density at radius 3 is 2.70 bits per heavy atom. The Balaban J connectivity index is 2.25. The van der Waals surface area contributed by atoms with Gasteiger partial charge in [-0.15, -0.1) is 0 Å². The number of hydrogen-bond donors (Lipinski definition) is 1. The molecule has 0 bridgehead atoms. The van der Waals surface area contributed by atoms with Crippen LogP contribution in [0.2, 0.25) is 0 Å². The standard InChI is InChI=1S/C15H16BrN3O/c1-10-6-7-11(9-13(10)19(2)3)18-15(20)14-12(16)5-4-8-17-14/h4-9H,1-3H3,(H,18,20). The molecule has 0 saturated carbocycles. The Labute approximate surface area is 127 Å². The molecular formula is C15H16BrN3O. The molecule has 1 amide bonds. The van der Waals surface area contributed by atoms with Crippen LogP contribution < -0.4 is 10.2 Å². The highest BCUT2D eigenvalue weighted by Gasteiger charge is 2.12. The Morgan fingerprint density at radius 1 is 1.30 bits per heavy atom. The molecule has 104 valence electrons. The third-order valence-corrected chi connectivity index (χ3v) is 3.56. The Kier molecular flexibility index (Phi) is 4.39. The van der Waals surface area contributed by atoms with Crippen molar-refractivity contribution in [3.8, 4) is 0 Å². The van der Waals surface area contributed by atoms with E-state index in [1.54, 1.807) is 18.3 Å². The number of benzene rings is 1. The molecule has 2 rings (SSSR count). The number of aromatic nitrogens is 1. The first-order valence-corrected chi connectivity index (χ1v) is 6.98. The lowest BCUT2D eigenvalue weighted by Crippen LogP contribution is -2.15. The number of carbonyl (C=O) groups is 1. The van der Waals surface area contributed by atoms with Gasteiger partial charge in [-0.25, -0.2) is 4.98 Å². The number of pyridine rings is 1. The fraction of sp³-hybridized carbons (Fsp3) is 0.200. The second-order valence-electron chi connectivity index (χ2n) is 4.68. The van der Waals surface area contributed by atoms with Gasteiger partial charge in [0.05, 0.1) is 0 Å². The van der Waals surface area contributed by atoms with Gasteiger partial charge in [0.15, 0.2) is 0 Å². The lowest BCUT2D eigenvalue weighted by molar-refractivity contribution is 0.102. The quantitative estimate of drug-likeness (QED) is 0.935. The van der Waals surface area contributed by atoms with Crippen molar-refractivity contribution < 1.29 is 4.79 Å². The monoisotopic (exact) mass is 333 g/mol. The van der Waals surface area contributed by atoms with Crippen LogP contribution >= 0.6 is 15.9 Å². The first kappa shape index (κ1) is 14.5. The zero-order valence-corrected chi connectivity index (χ0v) is 13.2. The Bertz CT molecular complexity index is 641. The largest absolute Gasteiger partial charge is 0.377 e. The van der Waals surface area contributed by atoms with Crippen LogP contribution in [0.3, 0.4) is 0 Å². The number of carbonyl (C=O) groups excluding carboxylic acids is 1. The van der Waals surface area contributed by atoms with E-state index in [1.165, 1.54) is 0 Å². The zero-order valence-electron chi connectivity index (χ0n) is 11.6. The maximum absolute atomic E-state index is 12.2. The van der Waals surface area contributed by atoms with E-state index in [4.69, 9.17) is 0 Å². The molecule has 5 heteroatoms. The molecule has 20 heavy (non-hydrogen) atoms. The van der Waals surface area contributed by atoms with Gasteiger partial charge < -0.3 is 10.2 Å². The number of hydrogen-bond acceptors (Lipinski definition) is 3. The van der Waals surface area contributed by atoms with Crippen molar-refractivity contribution in [3.05, 3.63) is 52.3 Å². The van der Waals surface area contributed by atoms with Gasteiger partial charge in [0.2, 0.25) is 0 Å². The van der Waals surface area contributed by atoms with Gasteiger partial charge in [0.25, 0.3) is 5.91 Å². The summed E-state index contributed by atoms with van der Waals surface area (Å²) in [4.78, 5) is 18.3. The molecule has 0 radical (unpaired) electrons. The molecule has 0 aliphatic carbocycles. The van der Waals surface area contributed by atoms with Crippen LogP contribution in [0.5, 0.6) is 0 Å². The number of halogens is 1. The van der Waals surface area contributed by atoms with Crippen LogP contribution in [0.15, 0.2) is 41.0 Å². The number of rotatable bonds is 3. The topological polar surface area (TPSA) is 45.2 Å². The Hall–Kier alpha value is -1.88. The fourth-order valence-electron chi connectivity index (χ4n) is 1.91. The Morgan fingerprint density at radius 2 is 2.05 bits per heavy atom. The minimum atomic E-state index is -0.231. The average molecular weight is 334 g/mol.